The Labute approximate surface area is 252 Å². The van der Waals surface area contributed by atoms with Crippen LogP contribution in [0.2, 0.25) is 5.02 Å². The zero-order chi connectivity index (χ0) is 31.5. The highest BCUT2D eigenvalue weighted by molar-refractivity contribution is 6.34. The highest BCUT2D eigenvalue weighted by Crippen LogP contribution is 2.23. The van der Waals surface area contributed by atoms with Crippen LogP contribution in [0, 0.1) is 19.8 Å². The first-order valence-corrected chi connectivity index (χ1v) is 13.9. The van der Waals surface area contributed by atoms with Crippen LogP contribution in [0.3, 0.4) is 0 Å². The molecule has 1 aliphatic rings. The highest BCUT2D eigenvalue weighted by Gasteiger charge is 2.36. The van der Waals surface area contributed by atoms with Crippen molar-refractivity contribution in [2.75, 3.05) is 26.1 Å². The average molecular weight is 609 g/mol. The molecule has 1 saturated heterocycles. The number of ether oxygens (including phenoxy) is 1. The summed E-state index contributed by atoms with van der Waals surface area (Å²) < 4.78 is 4.92. The van der Waals surface area contributed by atoms with Gasteiger partial charge < -0.3 is 25.3 Å². The van der Waals surface area contributed by atoms with Gasteiger partial charge in [0, 0.05) is 36.9 Å². The number of carbonyl (C=O) groups is 4. The summed E-state index contributed by atoms with van der Waals surface area (Å²) in [4.78, 5) is 58.6. The van der Waals surface area contributed by atoms with E-state index in [1.165, 1.54) is 29.5 Å². The number of terminal acetylenes is 1. The highest BCUT2D eigenvalue weighted by atomic mass is 35.5. The number of esters is 1. The van der Waals surface area contributed by atoms with Crippen molar-refractivity contribution in [1.82, 2.24) is 25.5 Å². The Morgan fingerprint density at radius 1 is 1.24 bits per heavy atom. The van der Waals surface area contributed by atoms with Gasteiger partial charge in [0.1, 0.15) is 11.9 Å². The fraction of sp³-hybridized carbons (Fsp3) is 0.414. The summed E-state index contributed by atoms with van der Waals surface area (Å²) in [5, 5.41) is 5.54. The van der Waals surface area contributed by atoms with E-state index in [-0.39, 0.29) is 54.2 Å². The van der Waals surface area contributed by atoms with Gasteiger partial charge in [0.15, 0.2) is 0 Å². The molecule has 3 N–H and O–H groups in total. The van der Waals surface area contributed by atoms with Gasteiger partial charge in [0.05, 0.1) is 29.7 Å². The number of hydrogen-bond acceptors (Lipinski definition) is 6. The molecule has 12 heteroatoms. The van der Waals surface area contributed by atoms with Crippen molar-refractivity contribution in [2.45, 2.75) is 53.1 Å². The fourth-order valence-electron chi connectivity index (χ4n) is 3.52. The van der Waals surface area contributed by atoms with Crippen LogP contribution in [-0.4, -0.2) is 70.7 Å². The Morgan fingerprint density at radius 3 is 2.39 bits per heavy atom. The van der Waals surface area contributed by atoms with Crippen LogP contribution >= 0.6 is 23.2 Å². The van der Waals surface area contributed by atoms with Crippen molar-refractivity contribution < 1.29 is 23.9 Å². The van der Waals surface area contributed by atoms with Crippen molar-refractivity contribution in [3.63, 3.8) is 0 Å². The molecular formula is C29H39Cl2N5O5. The molecule has 1 aromatic heterocycles. The number of benzene rings is 1. The minimum Gasteiger partial charge on any atom is -0.466 e. The van der Waals surface area contributed by atoms with Crippen molar-refractivity contribution in [2.24, 2.45) is 0 Å². The number of hydrogen-bond donors (Lipinski definition) is 3. The molecule has 2 heterocycles. The molecule has 0 spiro atoms. The van der Waals surface area contributed by atoms with Crippen molar-refractivity contribution >= 4 is 46.9 Å². The molecule has 1 aliphatic heterocycles. The van der Waals surface area contributed by atoms with Crippen LogP contribution in [0.25, 0.3) is 0 Å². The predicted molar refractivity (Wildman–Crippen MR) is 162 cm³/mol. The monoisotopic (exact) mass is 607 g/mol. The number of piperazine rings is 1. The van der Waals surface area contributed by atoms with E-state index in [9.17, 15) is 19.2 Å². The van der Waals surface area contributed by atoms with Crippen LogP contribution in [0.5, 0.6) is 0 Å². The minimum absolute atomic E-state index is 0.0648. The number of H-pyrrole nitrogens is 1. The van der Waals surface area contributed by atoms with E-state index in [2.05, 4.69) is 45.0 Å². The van der Waals surface area contributed by atoms with E-state index >= 15 is 0 Å². The van der Waals surface area contributed by atoms with Gasteiger partial charge in [-0.3, -0.25) is 19.2 Å². The molecule has 2 atom stereocenters. The van der Waals surface area contributed by atoms with Crippen LogP contribution in [0.15, 0.2) is 36.5 Å². The number of nitrogens with one attached hydrogen (secondary N) is 3. The number of aryl methyl sites for hydroxylation is 1. The summed E-state index contributed by atoms with van der Waals surface area (Å²) >= 11 is 11.0. The van der Waals surface area contributed by atoms with Crippen LogP contribution < -0.4 is 10.6 Å². The molecule has 3 rings (SSSR count). The summed E-state index contributed by atoms with van der Waals surface area (Å²) in [5.74, 6) is -1.27. The molecule has 0 bridgehead atoms. The van der Waals surface area contributed by atoms with Crippen molar-refractivity contribution in [3.8, 4) is 12.8 Å². The first-order chi connectivity index (χ1) is 19.6. The van der Waals surface area contributed by atoms with Gasteiger partial charge in [-0.05, 0) is 52.8 Å². The minimum atomic E-state index is -0.998. The Morgan fingerprint density at radius 2 is 1.88 bits per heavy atom. The molecule has 3 amide bonds. The largest absolute Gasteiger partial charge is 0.466 e. The second-order valence-electron chi connectivity index (χ2n) is 8.32. The number of aromatic nitrogens is 2. The first-order valence-electron chi connectivity index (χ1n) is 12.8. The maximum atomic E-state index is 13.2. The van der Waals surface area contributed by atoms with Gasteiger partial charge in [-0.25, -0.2) is 4.98 Å². The van der Waals surface area contributed by atoms with E-state index < -0.39 is 23.8 Å². The van der Waals surface area contributed by atoms with E-state index in [1.807, 2.05) is 32.9 Å². The van der Waals surface area contributed by atoms with Crippen LogP contribution in [0.4, 0.5) is 0 Å². The normalized spacial score (nSPS) is 14.5. The van der Waals surface area contributed by atoms with Gasteiger partial charge in [0.25, 0.3) is 11.8 Å². The fourth-order valence-corrected chi connectivity index (χ4v) is 3.79. The maximum Gasteiger partial charge on any atom is 0.308 e. The number of halogens is 2. The molecule has 2 aromatic rings. The molecule has 10 nitrogen and oxygen atoms in total. The third kappa shape index (κ3) is 11.7. The Balaban J connectivity index is 0.00000180. The third-order valence-corrected chi connectivity index (χ3v) is 5.85. The van der Waals surface area contributed by atoms with Gasteiger partial charge in [-0.1, -0.05) is 23.8 Å². The second-order valence-corrected chi connectivity index (χ2v) is 8.73. The van der Waals surface area contributed by atoms with E-state index in [0.29, 0.717) is 5.82 Å². The lowest BCUT2D eigenvalue weighted by Crippen LogP contribution is -2.57. The topological polar surface area (TPSA) is 133 Å². The maximum absolute atomic E-state index is 13.2. The van der Waals surface area contributed by atoms with Crippen LogP contribution in [-0.2, 0) is 14.3 Å². The Hall–Kier alpha value is -3.81. The average Bonchev–Trinajstić information content (AvgIpc) is 3.42. The van der Waals surface area contributed by atoms with E-state index in [0.717, 1.165) is 5.69 Å². The lowest BCUT2D eigenvalue weighted by atomic mass is 10.0. The number of alkyl halides is 1. The van der Waals surface area contributed by atoms with E-state index in [1.54, 1.807) is 20.0 Å². The molecule has 41 heavy (non-hydrogen) atoms. The molecule has 2 unspecified atom stereocenters. The number of rotatable bonds is 7. The summed E-state index contributed by atoms with van der Waals surface area (Å²) in [6.45, 7) is 9.97. The second kappa shape index (κ2) is 20.1. The summed E-state index contributed by atoms with van der Waals surface area (Å²) in [6, 6.07) is 2.96. The zero-order valence-corrected chi connectivity index (χ0v) is 25.8. The summed E-state index contributed by atoms with van der Waals surface area (Å²) in [7, 11) is 0. The SMILES string of the molecule is C#C.C/C=C\C.CCOC(=O)CC1C(=O)NCCN1C(=O)c1ccc(C(=O)NC(C)c2ncc(C)[nH]2)cc1Cl.CCl. The number of carbonyl (C=O) groups excluding carboxylic acids is 4. The van der Waals surface area contributed by atoms with Crippen molar-refractivity contribution in [3.05, 3.63) is 64.2 Å². The molecule has 0 saturated carbocycles. The molecule has 0 radical (unpaired) electrons. The molecule has 0 aliphatic carbocycles. The smallest absolute Gasteiger partial charge is 0.308 e. The van der Waals surface area contributed by atoms with Gasteiger partial charge >= 0.3 is 5.97 Å². The predicted octanol–water partition coefficient (Wildman–Crippen LogP) is 4.44. The number of aromatic amines is 1. The van der Waals surface area contributed by atoms with Crippen LogP contribution in [0.1, 0.15) is 72.4 Å². The molecular weight excluding hydrogens is 569 g/mol. The third-order valence-electron chi connectivity index (χ3n) is 5.53. The standard InChI is InChI=1S/C22H26ClN5O5.C4H8.C2H2.CH3Cl/c1-4-33-18(29)10-17-21(31)24-7-8-28(17)22(32)15-6-5-14(9-16(15)23)20(30)27-13(3)19-25-11-12(2)26-19;1-3-4-2;2*1-2/h5-6,9,11,13,17H,4,7-8,10H2,1-3H3,(H,24,31)(H,25,26)(H,27,30);3-4H,1-2H3;1-2H;1H3/b;4-3-;;. The number of nitrogens with zero attached hydrogens (tertiary/aromatic N) is 2. The molecule has 1 fully saturated rings. The van der Waals surface area contributed by atoms with Crippen molar-refractivity contribution in [1.29, 1.82) is 0 Å². The lowest BCUT2D eigenvalue weighted by Gasteiger charge is -2.34. The quantitative estimate of drug-likeness (QED) is 0.184. The summed E-state index contributed by atoms with van der Waals surface area (Å²) in [5.41, 5.74) is 1.28. The number of amides is 3. The molecule has 224 valence electrons. The van der Waals surface area contributed by atoms with Gasteiger partial charge in [0.2, 0.25) is 5.91 Å². The zero-order valence-electron chi connectivity index (χ0n) is 24.3. The number of imidazole rings is 1. The van der Waals surface area contributed by atoms with Gasteiger partial charge in [-0.15, -0.1) is 24.4 Å². The lowest BCUT2D eigenvalue weighted by molar-refractivity contribution is -0.147. The van der Waals surface area contributed by atoms with E-state index in [4.69, 9.17) is 16.3 Å². The Bertz CT molecular complexity index is 1190. The first kappa shape index (κ1) is 37.2. The Kier molecular flexibility index (Phi) is 18.3. The number of allylic oxidation sites excluding steroid dienone is 2. The van der Waals surface area contributed by atoms with Gasteiger partial charge in [-0.2, -0.15) is 0 Å². The summed E-state index contributed by atoms with van der Waals surface area (Å²) in [6.07, 6.45) is 14.9. The molecule has 1 aromatic carbocycles.